The van der Waals surface area contributed by atoms with Gasteiger partial charge in [-0.1, -0.05) is 11.6 Å². The van der Waals surface area contributed by atoms with Crippen molar-refractivity contribution in [2.75, 3.05) is 19.6 Å². The van der Waals surface area contributed by atoms with E-state index in [4.69, 9.17) is 11.6 Å². The summed E-state index contributed by atoms with van der Waals surface area (Å²) in [5.74, 6) is 1.60. The molecule has 1 aliphatic carbocycles. The number of piperidine rings is 3. The van der Waals surface area contributed by atoms with Crippen LogP contribution in [0, 0.1) is 11.8 Å². The first-order valence-electron chi connectivity index (χ1n) is 8.50. The minimum absolute atomic E-state index is 0.120. The lowest BCUT2D eigenvalue weighted by molar-refractivity contribution is 0.0345. The molecule has 0 aromatic carbocycles. The van der Waals surface area contributed by atoms with E-state index in [1.807, 2.05) is 0 Å². The summed E-state index contributed by atoms with van der Waals surface area (Å²) >= 11 is 6.30. The van der Waals surface area contributed by atoms with Crippen LogP contribution in [-0.2, 0) is 6.42 Å². The van der Waals surface area contributed by atoms with Crippen molar-refractivity contribution in [2.45, 2.75) is 31.6 Å². The number of aromatic nitrogens is 3. The maximum atomic E-state index is 12.7. The molecular weight excluding hydrogens is 312 g/mol. The van der Waals surface area contributed by atoms with Gasteiger partial charge in [0.25, 0.3) is 5.56 Å². The lowest BCUT2D eigenvalue weighted by Crippen LogP contribution is -2.50. The summed E-state index contributed by atoms with van der Waals surface area (Å²) in [4.78, 5) is 19.4. The molecule has 6 heteroatoms. The van der Waals surface area contributed by atoms with Gasteiger partial charge in [0, 0.05) is 17.5 Å². The topological polar surface area (TPSA) is 61.9 Å². The molecule has 3 fully saturated rings. The zero-order chi connectivity index (χ0) is 15.6. The van der Waals surface area contributed by atoms with E-state index in [-0.39, 0.29) is 5.56 Å². The van der Waals surface area contributed by atoms with Gasteiger partial charge in [-0.2, -0.15) is 5.10 Å². The molecule has 3 saturated heterocycles. The van der Waals surface area contributed by atoms with Crippen molar-refractivity contribution >= 4 is 22.5 Å². The Hall–Kier alpha value is -1.46. The van der Waals surface area contributed by atoms with Crippen LogP contribution in [0.15, 0.2) is 11.0 Å². The van der Waals surface area contributed by atoms with E-state index in [9.17, 15) is 4.79 Å². The summed E-state index contributed by atoms with van der Waals surface area (Å²) in [5, 5.41) is 8.85. The highest BCUT2D eigenvalue weighted by atomic mass is 35.5. The van der Waals surface area contributed by atoms with Crippen molar-refractivity contribution in [1.82, 2.24) is 20.1 Å². The van der Waals surface area contributed by atoms with E-state index in [1.165, 1.54) is 32.1 Å². The minimum atomic E-state index is -0.120. The van der Waals surface area contributed by atoms with Gasteiger partial charge in [0.2, 0.25) is 0 Å². The van der Waals surface area contributed by atoms with Crippen molar-refractivity contribution in [3.05, 3.63) is 32.8 Å². The summed E-state index contributed by atoms with van der Waals surface area (Å²) in [7, 11) is 0. The molecule has 2 atom stereocenters. The van der Waals surface area contributed by atoms with Crippen LogP contribution in [-0.4, -0.2) is 39.7 Å². The summed E-state index contributed by atoms with van der Waals surface area (Å²) < 4.78 is 0. The molecule has 2 bridgehead atoms. The molecule has 2 aromatic heterocycles. The molecule has 0 saturated carbocycles. The Bertz CT molecular complexity index is 840. The Labute approximate surface area is 139 Å². The zero-order valence-corrected chi connectivity index (χ0v) is 13.6. The molecule has 1 unspecified atom stereocenters. The van der Waals surface area contributed by atoms with E-state index >= 15 is 0 Å². The Morgan fingerprint density at radius 1 is 1.26 bits per heavy atom. The first-order valence-corrected chi connectivity index (χ1v) is 8.88. The van der Waals surface area contributed by atoms with E-state index in [1.54, 1.807) is 0 Å². The van der Waals surface area contributed by atoms with Gasteiger partial charge in [-0.3, -0.25) is 9.89 Å². The van der Waals surface area contributed by atoms with Crippen molar-refractivity contribution in [3.63, 3.8) is 0 Å². The molecule has 5 nitrogen and oxygen atoms in total. The normalized spacial score (nSPS) is 32.4. The second-order valence-electron chi connectivity index (χ2n) is 7.19. The van der Waals surface area contributed by atoms with E-state index in [2.05, 4.69) is 20.1 Å². The molecule has 4 aliphatic rings. The number of hydrogen-bond acceptors (Lipinski definition) is 4. The van der Waals surface area contributed by atoms with Crippen molar-refractivity contribution in [2.24, 2.45) is 11.8 Å². The molecule has 1 N–H and O–H groups in total. The third-order valence-corrected chi connectivity index (χ3v) is 6.45. The highest BCUT2D eigenvalue weighted by molar-refractivity contribution is 6.34. The predicted molar refractivity (Wildman–Crippen MR) is 88.9 cm³/mol. The van der Waals surface area contributed by atoms with Gasteiger partial charge < -0.3 is 4.90 Å². The number of aromatic amines is 1. The molecule has 0 spiro atoms. The van der Waals surface area contributed by atoms with Gasteiger partial charge in [-0.15, -0.1) is 0 Å². The summed E-state index contributed by atoms with van der Waals surface area (Å²) in [6, 6.07) is 0. The van der Waals surface area contributed by atoms with Crippen LogP contribution in [0.5, 0.6) is 0 Å². The summed E-state index contributed by atoms with van der Waals surface area (Å²) in [6.07, 6.45) is 5.92. The lowest BCUT2D eigenvalue weighted by Gasteiger charge is -2.48. The highest BCUT2D eigenvalue weighted by Crippen LogP contribution is 2.46. The fraction of sp³-hybridized carbons (Fsp3) is 0.588. The fourth-order valence-corrected chi connectivity index (χ4v) is 5.24. The molecule has 120 valence electrons. The van der Waals surface area contributed by atoms with E-state index in [0.29, 0.717) is 16.9 Å². The molecular formula is C17H19ClN4O. The standard InChI is InChI=1S/C17H19ClN4O/c18-12-7-19-17(23)14-10(1-2-13-15(14)16(12)21-20-13)11-8-22-5-3-9(11)4-6-22/h7,9-11,21H,1-6,8H2/t10-,11?/m0/s1. The molecule has 23 heavy (non-hydrogen) atoms. The number of fused-ring (bicyclic) bond motifs is 3. The summed E-state index contributed by atoms with van der Waals surface area (Å²) in [6.45, 7) is 3.56. The van der Waals surface area contributed by atoms with Crippen LogP contribution in [0.1, 0.15) is 36.4 Å². The Morgan fingerprint density at radius 3 is 2.83 bits per heavy atom. The quantitative estimate of drug-likeness (QED) is 0.872. The SMILES string of the molecule is O=c1ncc(Cl)c2[nH]nc3c2c1[C@H](C1CN2CCC1CC2)CC3. The number of rotatable bonds is 1. The van der Waals surface area contributed by atoms with Crippen LogP contribution >= 0.6 is 11.6 Å². The molecule has 6 rings (SSSR count). The first kappa shape index (κ1) is 13.9. The zero-order valence-electron chi connectivity index (χ0n) is 12.9. The Morgan fingerprint density at radius 2 is 2.09 bits per heavy atom. The monoisotopic (exact) mass is 330 g/mol. The van der Waals surface area contributed by atoms with Crippen LogP contribution in [0.4, 0.5) is 0 Å². The van der Waals surface area contributed by atoms with Gasteiger partial charge in [0.15, 0.2) is 0 Å². The van der Waals surface area contributed by atoms with Crippen molar-refractivity contribution in [3.8, 4) is 0 Å². The van der Waals surface area contributed by atoms with Gasteiger partial charge in [-0.05, 0) is 56.5 Å². The maximum absolute atomic E-state index is 12.7. The lowest BCUT2D eigenvalue weighted by atomic mass is 9.67. The second-order valence-corrected chi connectivity index (χ2v) is 7.60. The van der Waals surface area contributed by atoms with Gasteiger partial charge >= 0.3 is 0 Å². The van der Waals surface area contributed by atoms with Crippen molar-refractivity contribution < 1.29 is 0 Å². The smallest absolute Gasteiger partial charge is 0.273 e. The Kier molecular flexibility index (Phi) is 3.04. The predicted octanol–water partition coefficient (Wildman–Crippen LogP) is 2.34. The number of H-pyrrole nitrogens is 1. The van der Waals surface area contributed by atoms with Gasteiger partial charge in [0.05, 0.1) is 22.4 Å². The highest BCUT2D eigenvalue weighted by Gasteiger charge is 2.41. The maximum Gasteiger partial charge on any atom is 0.273 e. The number of aryl methyl sites for hydroxylation is 1. The van der Waals surface area contributed by atoms with Crippen LogP contribution < -0.4 is 5.56 Å². The summed E-state index contributed by atoms with van der Waals surface area (Å²) in [5.41, 5.74) is 2.49. The number of nitrogens with one attached hydrogen (secondary N) is 1. The molecule has 5 heterocycles. The Balaban J connectivity index is 1.72. The van der Waals surface area contributed by atoms with E-state index < -0.39 is 0 Å². The molecule has 0 amide bonds. The minimum Gasteiger partial charge on any atom is -0.303 e. The van der Waals surface area contributed by atoms with E-state index in [0.717, 1.165) is 47.5 Å². The fourth-order valence-electron chi connectivity index (χ4n) is 5.05. The molecule has 3 aliphatic heterocycles. The third kappa shape index (κ3) is 1.99. The average molecular weight is 331 g/mol. The van der Waals surface area contributed by atoms with Gasteiger partial charge in [-0.25, -0.2) is 4.98 Å². The molecule has 0 radical (unpaired) electrons. The number of hydrogen-bond donors (Lipinski definition) is 1. The third-order valence-electron chi connectivity index (χ3n) is 6.16. The average Bonchev–Trinajstić information content (AvgIpc) is 2.98. The molecule has 2 aromatic rings. The van der Waals surface area contributed by atoms with Crippen LogP contribution in [0.3, 0.4) is 0 Å². The van der Waals surface area contributed by atoms with Crippen molar-refractivity contribution in [1.29, 1.82) is 0 Å². The van der Waals surface area contributed by atoms with Gasteiger partial charge in [0.1, 0.15) is 0 Å². The second kappa shape index (κ2) is 5.02. The number of nitrogens with zero attached hydrogens (tertiary/aromatic N) is 3. The first-order chi connectivity index (χ1) is 11.2. The number of halogens is 1. The van der Waals surface area contributed by atoms with Crippen LogP contribution in [0.2, 0.25) is 5.02 Å². The van der Waals surface area contributed by atoms with Crippen LogP contribution in [0.25, 0.3) is 10.9 Å². The largest absolute Gasteiger partial charge is 0.303 e.